The maximum Gasteiger partial charge on any atom is 0.293 e. The van der Waals surface area contributed by atoms with Crippen molar-refractivity contribution in [2.24, 2.45) is 11.8 Å². The summed E-state index contributed by atoms with van der Waals surface area (Å²) in [6, 6.07) is 7.13. The number of rotatable bonds is 5. The van der Waals surface area contributed by atoms with Gasteiger partial charge in [-0.1, -0.05) is 36.7 Å². The fourth-order valence-corrected chi connectivity index (χ4v) is 3.58. The number of hydrogen-bond acceptors (Lipinski definition) is 4. The van der Waals surface area contributed by atoms with E-state index in [2.05, 4.69) is 5.32 Å². The van der Waals surface area contributed by atoms with Crippen LogP contribution in [0.4, 0.5) is 4.79 Å². The monoisotopic (exact) mass is 364 g/mol. The first-order valence-corrected chi connectivity index (χ1v) is 8.94. The molecule has 0 spiro atoms. The zero-order valence-electron chi connectivity index (χ0n) is 13.1. The Balaban J connectivity index is 1.60. The first-order valence-electron chi connectivity index (χ1n) is 7.75. The maximum absolute atomic E-state index is 12.4. The molecule has 5 nitrogen and oxygen atoms in total. The van der Waals surface area contributed by atoms with Crippen molar-refractivity contribution in [1.82, 2.24) is 10.2 Å². The van der Waals surface area contributed by atoms with E-state index in [0.29, 0.717) is 21.4 Å². The normalized spacial score (nSPS) is 24.6. The lowest BCUT2D eigenvalue weighted by atomic mass is 10.2. The van der Waals surface area contributed by atoms with Crippen molar-refractivity contribution < 1.29 is 14.4 Å². The van der Waals surface area contributed by atoms with Crippen molar-refractivity contribution in [1.29, 1.82) is 0 Å². The Morgan fingerprint density at radius 3 is 2.79 bits per heavy atom. The summed E-state index contributed by atoms with van der Waals surface area (Å²) in [5.41, 5.74) is 0.695. The van der Waals surface area contributed by atoms with Gasteiger partial charge in [-0.3, -0.25) is 19.3 Å². The van der Waals surface area contributed by atoms with Crippen LogP contribution in [0.2, 0.25) is 5.02 Å². The van der Waals surface area contributed by atoms with Crippen LogP contribution in [0.1, 0.15) is 18.9 Å². The minimum Gasteiger partial charge on any atom is -0.354 e. The fourth-order valence-electron chi connectivity index (χ4n) is 2.54. The molecule has 1 aliphatic heterocycles. The minimum atomic E-state index is -0.348. The van der Waals surface area contributed by atoms with Gasteiger partial charge in [0, 0.05) is 24.0 Å². The number of nitrogens with one attached hydrogen (secondary N) is 1. The lowest BCUT2D eigenvalue weighted by Crippen LogP contribution is -2.37. The van der Waals surface area contributed by atoms with Gasteiger partial charge in [0.15, 0.2) is 0 Å². The van der Waals surface area contributed by atoms with Crippen LogP contribution in [0, 0.1) is 11.8 Å². The molecule has 7 heteroatoms. The minimum absolute atomic E-state index is 0.00100. The zero-order chi connectivity index (χ0) is 17.3. The van der Waals surface area contributed by atoms with Crippen LogP contribution in [-0.2, 0) is 9.59 Å². The third kappa shape index (κ3) is 3.65. The number of carbonyl (C=O) groups excluding carboxylic acids is 3. The Kier molecular flexibility index (Phi) is 4.96. The average molecular weight is 365 g/mol. The van der Waals surface area contributed by atoms with E-state index in [-0.39, 0.29) is 36.1 Å². The van der Waals surface area contributed by atoms with Gasteiger partial charge in [0.1, 0.15) is 0 Å². The van der Waals surface area contributed by atoms with Crippen LogP contribution in [-0.4, -0.2) is 35.0 Å². The number of thioether (sulfide) groups is 1. The molecule has 1 aromatic carbocycles. The van der Waals surface area contributed by atoms with Crippen molar-refractivity contribution in [3.8, 4) is 0 Å². The van der Waals surface area contributed by atoms with Crippen LogP contribution in [0.5, 0.6) is 0 Å². The predicted molar refractivity (Wildman–Crippen MR) is 94.4 cm³/mol. The lowest BCUT2D eigenvalue weighted by Gasteiger charge is -2.12. The summed E-state index contributed by atoms with van der Waals surface area (Å²) >= 11 is 6.97. The van der Waals surface area contributed by atoms with Gasteiger partial charge >= 0.3 is 0 Å². The van der Waals surface area contributed by atoms with E-state index in [9.17, 15) is 14.4 Å². The molecule has 1 saturated heterocycles. The lowest BCUT2D eigenvalue weighted by molar-refractivity contribution is -0.125. The second-order valence-corrected chi connectivity index (χ2v) is 7.37. The van der Waals surface area contributed by atoms with Crippen molar-refractivity contribution >= 4 is 46.5 Å². The second kappa shape index (κ2) is 6.99. The molecule has 2 unspecified atom stereocenters. The summed E-state index contributed by atoms with van der Waals surface area (Å²) in [4.78, 5) is 37.7. The summed E-state index contributed by atoms with van der Waals surface area (Å²) in [6.07, 6.45) is 2.53. The SMILES string of the molecule is CC1CC1C(=O)NCCN1C(=O)SC(=Cc2ccccc2Cl)C1=O. The van der Waals surface area contributed by atoms with Crippen molar-refractivity contribution in [2.45, 2.75) is 13.3 Å². The van der Waals surface area contributed by atoms with E-state index in [1.54, 1.807) is 24.3 Å². The van der Waals surface area contributed by atoms with Gasteiger partial charge in [-0.15, -0.1) is 0 Å². The highest BCUT2D eigenvalue weighted by atomic mass is 35.5. The van der Waals surface area contributed by atoms with E-state index >= 15 is 0 Å². The largest absolute Gasteiger partial charge is 0.354 e. The summed E-state index contributed by atoms with van der Waals surface area (Å²) in [6.45, 7) is 2.48. The van der Waals surface area contributed by atoms with Gasteiger partial charge in [0.2, 0.25) is 5.91 Å². The zero-order valence-corrected chi connectivity index (χ0v) is 14.7. The topological polar surface area (TPSA) is 66.5 Å². The number of imide groups is 1. The van der Waals surface area contributed by atoms with Gasteiger partial charge in [-0.05, 0) is 41.8 Å². The number of hydrogen-bond donors (Lipinski definition) is 1. The molecule has 1 aromatic rings. The van der Waals surface area contributed by atoms with Gasteiger partial charge in [-0.25, -0.2) is 0 Å². The quantitative estimate of drug-likeness (QED) is 0.815. The highest BCUT2D eigenvalue weighted by molar-refractivity contribution is 8.18. The Bertz CT molecular complexity index is 734. The van der Waals surface area contributed by atoms with Gasteiger partial charge in [0.25, 0.3) is 11.1 Å². The Morgan fingerprint density at radius 2 is 2.12 bits per heavy atom. The first-order chi connectivity index (χ1) is 11.5. The van der Waals surface area contributed by atoms with Gasteiger partial charge in [-0.2, -0.15) is 0 Å². The molecule has 126 valence electrons. The Labute approximate surface area is 149 Å². The standard InChI is InChI=1S/C17H17ClN2O3S/c1-10-8-12(10)15(21)19-6-7-20-16(22)14(24-17(20)23)9-11-4-2-3-5-13(11)18/h2-5,9-10,12H,6-8H2,1H3,(H,19,21). The van der Waals surface area contributed by atoms with Gasteiger partial charge < -0.3 is 5.32 Å². The maximum atomic E-state index is 12.4. The third-order valence-electron chi connectivity index (χ3n) is 4.15. The molecule has 3 amide bonds. The molecule has 1 heterocycles. The van der Waals surface area contributed by atoms with Crippen LogP contribution >= 0.6 is 23.4 Å². The summed E-state index contributed by atoms with van der Waals surface area (Å²) in [7, 11) is 0. The summed E-state index contributed by atoms with van der Waals surface area (Å²) in [5.74, 6) is 0.167. The van der Waals surface area contributed by atoms with E-state index in [1.807, 2.05) is 13.0 Å². The van der Waals surface area contributed by atoms with Crippen LogP contribution < -0.4 is 5.32 Å². The van der Waals surface area contributed by atoms with E-state index in [4.69, 9.17) is 11.6 Å². The number of carbonyl (C=O) groups is 3. The van der Waals surface area contributed by atoms with Gasteiger partial charge in [0.05, 0.1) is 4.91 Å². The molecule has 2 aliphatic rings. The molecule has 3 rings (SSSR count). The number of nitrogens with zero attached hydrogens (tertiary/aromatic N) is 1. The summed E-state index contributed by atoms with van der Waals surface area (Å²) < 4.78 is 0. The van der Waals surface area contributed by atoms with E-state index in [1.165, 1.54) is 0 Å². The summed E-state index contributed by atoms with van der Waals surface area (Å²) in [5, 5.41) is 2.98. The molecule has 2 fully saturated rings. The predicted octanol–water partition coefficient (Wildman–Crippen LogP) is 3.15. The smallest absolute Gasteiger partial charge is 0.293 e. The highest BCUT2D eigenvalue weighted by Gasteiger charge is 2.39. The average Bonchev–Trinajstić information content (AvgIpc) is 3.22. The molecule has 0 bridgehead atoms. The molecular weight excluding hydrogens is 348 g/mol. The van der Waals surface area contributed by atoms with Crippen molar-refractivity contribution in [3.05, 3.63) is 39.8 Å². The fraction of sp³-hybridized carbons (Fsp3) is 0.353. The highest BCUT2D eigenvalue weighted by Crippen LogP contribution is 2.37. The second-order valence-electron chi connectivity index (χ2n) is 5.97. The number of amides is 3. The Hall–Kier alpha value is -1.79. The molecule has 1 N–H and O–H groups in total. The van der Waals surface area contributed by atoms with E-state index < -0.39 is 0 Å². The van der Waals surface area contributed by atoms with Crippen molar-refractivity contribution in [2.75, 3.05) is 13.1 Å². The van der Waals surface area contributed by atoms with Crippen LogP contribution in [0.25, 0.3) is 6.08 Å². The number of halogens is 1. The number of benzene rings is 1. The first kappa shape index (κ1) is 17.0. The van der Waals surface area contributed by atoms with E-state index in [0.717, 1.165) is 23.1 Å². The molecule has 0 radical (unpaired) electrons. The van der Waals surface area contributed by atoms with Crippen LogP contribution in [0.3, 0.4) is 0 Å². The molecule has 24 heavy (non-hydrogen) atoms. The van der Waals surface area contributed by atoms with Crippen LogP contribution in [0.15, 0.2) is 29.2 Å². The molecule has 1 aliphatic carbocycles. The molecule has 1 saturated carbocycles. The van der Waals surface area contributed by atoms with Crippen molar-refractivity contribution in [3.63, 3.8) is 0 Å². The molecule has 2 atom stereocenters. The molecule has 0 aromatic heterocycles. The Morgan fingerprint density at radius 1 is 1.42 bits per heavy atom. The third-order valence-corrected chi connectivity index (χ3v) is 5.40. The molecular formula is C17H17ClN2O3S.